The predicted molar refractivity (Wildman–Crippen MR) is 50.6 cm³/mol. The van der Waals surface area contributed by atoms with Gasteiger partial charge in [0.25, 0.3) is 0 Å². The van der Waals surface area contributed by atoms with Gasteiger partial charge in [-0.05, 0) is 17.5 Å². The number of oxazole rings is 1. The standard InChI is InChI=1S/C10H12N2O/c1-6(2)8-4-9-10(11-5-8)12-7(3)13-9/h4-6H,1-3H3. The molecule has 68 valence electrons. The van der Waals surface area contributed by atoms with Crippen LogP contribution in [0.1, 0.15) is 31.2 Å². The maximum atomic E-state index is 5.39. The molecule has 0 atom stereocenters. The van der Waals surface area contributed by atoms with Gasteiger partial charge in [0.1, 0.15) is 0 Å². The van der Waals surface area contributed by atoms with E-state index in [1.54, 1.807) is 0 Å². The van der Waals surface area contributed by atoms with Gasteiger partial charge in [0.2, 0.25) is 0 Å². The highest BCUT2D eigenvalue weighted by molar-refractivity contribution is 5.68. The smallest absolute Gasteiger partial charge is 0.198 e. The molecule has 0 radical (unpaired) electrons. The molecule has 0 spiro atoms. The van der Waals surface area contributed by atoms with E-state index in [2.05, 4.69) is 23.8 Å². The zero-order valence-corrected chi connectivity index (χ0v) is 8.03. The summed E-state index contributed by atoms with van der Waals surface area (Å²) in [5.41, 5.74) is 2.66. The molecule has 0 saturated carbocycles. The second-order valence-corrected chi connectivity index (χ2v) is 3.48. The molecule has 0 aromatic carbocycles. The van der Waals surface area contributed by atoms with Crippen LogP contribution in [0.25, 0.3) is 11.2 Å². The van der Waals surface area contributed by atoms with Crippen molar-refractivity contribution in [2.24, 2.45) is 0 Å². The van der Waals surface area contributed by atoms with Crippen LogP contribution in [0, 0.1) is 6.92 Å². The first-order chi connectivity index (χ1) is 6.16. The predicted octanol–water partition coefficient (Wildman–Crippen LogP) is 2.65. The number of hydrogen-bond acceptors (Lipinski definition) is 3. The fourth-order valence-corrected chi connectivity index (χ4v) is 1.26. The van der Waals surface area contributed by atoms with E-state index >= 15 is 0 Å². The molecule has 3 heteroatoms. The fraction of sp³-hybridized carbons (Fsp3) is 0.400. The Morgan fingerprint density at radius 1 is 1.38 bits per heavy atom. The first kappa shape index (κ1) is 8.23. The molecule has 0 bridgehead atoms. The monoisotopic (exact) mass is 176 g/mol. The molecule has 2 aromatic heterocycles. The average molecular weight is 176 g/mol. The fourth-order valence-electron chi connectivity index (χ4n) is 1.26. The number of aromatic nitrogens is 2. The molecule has 0 unspecified atom stereocenters. The van der Waals surface area contributed by atoms with Crippen molar-refractivity contribution in [1.82, 2.24) is 9.97 Å². The van der Waals surface area contributed by atoms with Crippen molar-refractivity contribution in [3.05, 3.63) is 23.7 Å². The number of rotatable bonds is 1. The molecule has 3 nitrogen and oxygen atoms in total. The lowest BCUT2D eigenvalue weighted by Gasteiger charge is -2.01. The molecule has 0 aliphatic carbocycles. The van der Waals surface area contributed by atoms with Crippen LogP contribution >= 0.6 is 0 Å². The molecule has 0 aliphatic heterocycles. The molecule has 0 N–H and O–H groups in total. The molecule has 2 heterocycles. The Balaban J connectivity index is 2.61. The third-order valence-corrected chi connectivity index (χ3v) is 2.04. The first-order valence-corrected chi connectivity index (χ1v) is 4.40. The molecule has 0 aliphatic rings. The minimum Gasteiger partial charge on any atom is -0.439 e. The third-order valence-electron chi connectivity index (χ3n) is 2.04. The van der Waals surface area contributed by atoms with Gasteiger partial charge in [-0.2, -0.15) is 4.98 Å². The van der Waals surface area contributed by atoms with Crippen LogP contribution in [0.15, 0.2) is 16.7 Å². The summed E-state index contributed by atoms with van der Waals surface area (Å²) < 4.78 is 5.39. The van der Waals surface area contributed by atoms with E-state index in [-0.39, 0.29) is 0 Å². The van der Waals surface area contributed by atoms with Gasteiger partial charge in [-0.3, -0.25) is 0 Å². The highest BCUT2D eigenvalue weighted by atomic mass is 16.3. The minimum atomic E-state index is 0.474. The quantitative estimate of drug-likeness (QED) is 0.670. The summed E-state index contributed by atoms with van der Waals surface area (Å²) in [7, 11) is 0. The van der Waals surface area contributed by atoms with Crippen LogP contribution in [0.3, 0.4) is 0 Å². The Morgan fingerprint density at radius 2 is 2.15 bits per heavy atom. The highest BCUT2D eigenvalue weighted by Gasteiger charge is 2.06. The molecule has 2 rings (SSSR count). The second kappa shape index (κ2) is 2.83. The van der Waals surface area contributed by atoms with Crippen molar-refractivity contribution in [3.63, 3.8) is 0 Å². The molecule has 13 heavy (non-hydrogen) atoms. The van der Waals surface area contributed by atoms with Crippen LogP contribution < -0.4 is 0 Å². The van der Waals surface area contributed by atoms with Gasteiger partial charge in [0.15, 0.2) is 17.1 Å². The lowest BCUT2D eigenvalue weighted by Crippen LogP contribution is -1.88. The van der Waals surface area contributed by atoms with Gasteiger partial charge in [0, 0.05) is 13.1 Å². The zero-order chi connectivity index (χ0) is 9.42. The van der Waals surface area contributed by atoms with Gasteiger partial charge in [-0.1, -0.05) is 13.8 Å². The van der Waals surface area contributed by atoms with Crippen LogP contribution in [-0.4, -0.2) is 9.97 Å². The highest BCUT2D eigenvalue weighted by Crippen LogP contribution is 2.19. The summed E-state index contributed by atoms with van der Waals surface area (Å²) in [5, 5.41) is 0. The Hall–Kier alpha value is -1.38. The molecule has 0 amide bonds. The van der Waals surface area contributed by atoms with E-state index in [0.717, 1.165) is 5.58 Å². The van der Waals surface area contributed by atoms with E-state index in [1.807, 2.05) is 19.2 Å². The van der Waals surface area contributed by atoms with Gasteiger partial charge in [0.05, 0.1) is 0 Å². The maximum Gasteiger partial charge on any atom is 0.198 e. The summed E-state index contributed by atoms with van der Waals surface area (Å²) >= 11 is 0. The Kier molecular flexibility index (Phi) is 1.79. The van der Waals surface area contributed by atoms with Gasteiger partial charge < -0.3 is 4.42 Å². The van der Waals surface area contributed by atoms with E-state index in [0.29, 0.717) is 17.5 Å². The second-order valence-electron chi connectivity index (χ2n) is 3.48. The van der Waals surface area contributed by atoms with Gasteiger partial charge in [-0.15, -0.1) is 0 Å². The third kappa shape index (κ3) is 1.41. The Morgan fingerprint density at radius 3 is 2.85 bits per heavy atom. The van der Waals surface area contributed by atoms with Crippen LogP contribution in [0.5, 0.6) is 0 Å². The lowest BCUT2D eigenvalue weighted by molar-refractivity contribution is 0.560. The van der Waals surface area contributed by atoms with Crippen molar-refractivity contribution in [2.75, 3.05) is 0 Å². The Labute approximate surface area is 76.8 Å². The summed E-state index contributed by atoms with van der Waals surface area (Å²) in [6, 6.07) is 2.01. The van der Waals surface area contributed by atoms with Crippen LogP contribution in [0.4, 0.5) is 0 Å². The lowest BCUT2D eigenvalue weighted by atomic mass is 10.1. The van der Waals surface area contributed by atoms with Crippen molar-refractivity contribution in [2.45, 2.75) is 26.7 Å². The first-order valence-electron chi connectivity index (χ1n) is 4.40. The number of pyridine rings is 1. The number of nitrogens with zero attached hydrogens (tertiary/aromatic N) is 2. The zero-order valence-electron chi connectivity index (χ0n) is 8.03. The molecular formula is C10H12N2O. The maximum absolute atomic E-state index is 5.39. The summed E-state index contributed by atoms with van der Waals surface area (Å²) in [5.74, 6) is 1.14. The summed E-state index contributed by atoms with van der Waals surface area (Å²) in [6.07, 6.45) is 1.86. The largest absolute Gasteiger partial charge is 0.439 e. The summed E-state index contributed by atoms with van der Waals surface area (Å²) in [4.78, 5) is 8.35. The van der Waals surface area contributed by atoms with E-state index in [4.69, 9.17) is 4.42 Å². The van der Waals surface area contributed by atoms with E-state index in [1.165, 1.54) is 5.56 Å². The van der Waals surface area contributed by atoms with Crippen molar-refractivity contribution in [3.8, 4) is 0 Å². The number of hydrogen-bond donors (Lipinski definition) is 0. The number of aryl methyl sites for hydroxylation is 1. The SMILES string of the molecule is Cc1nc2ncc(C(C)C)cc2o1. The average Bonchev–Trinajstić information content (AvgIpc) is 2.42. The molecule has 0 fully saturated rings. The van der Waals surface area contributed by atoms with E-state index in [9.17, 15) is 0 Å². The topological polar surface area (TPSA) is 38.9 Å². The minimum absolute atomic E-state index is 0.474. The molecular weight excluding hydrogens is 164 g/mol. The van der Waals surface area contributed by atoms with Crippen molar-refractivity contribution < 1.29 is 4.42 Å². The normalized spacial score (nSPS) is 11.4. The molecule has 2 aromatic rings. The summed E-state index contributed by atoms with van der Waals surface area (Å²) in [6.45, 7) is 6.09. The van der Waals surface area contributed by atoms with Gasteiger partial charge in [-0.25, -0.2) is 4.98 Å². The van der Waals surface area contributed by atoms with Crippen molar-refractivity contribution in [1.29, 1.82) is 0 Å². The van der Waals surface area contributed by atoms with Crippen molar-refractivity contribution >= 4 is 11.2 Å². The Bertz CT molecular complexity index is 431. The van der Waals surface area contributed by atoms with Crippen LogP contribution in [-0.2, 0) is 0 Å². The molecule has 0 saturated heterocycles. The van der Waals surface area contributed by atoms with Gasteiger partial charge >= 0.3 is 0 Å². The van der Waals surface area contributed by atoms with E-state index < -0.39 is 0 Å². The van der Waals surface area contributed by atoms with Crippen LogP contribution in [0.2, 0.25) is 0 Å². The number of fused-ring (bicyclic) bond motifs is 1.